The molecule has 2 aromatic carbocycles. The Hall–Kier alpha value is -3.32. The van der Waals surface area contributed by atoms with Crippen molar-refractivity contribution in [3.05, 3.63) is 95.2 Å². The summed E-state index contributed by atoms with van der Waals surface area (Å²) < 4.78 is 31.0. The first-order chi connectivity index (χ1) is 16.7. The lowest BCUT2D eigenvalue weighted by Crippen LogP contribution is -2.32. The Morgan fingerprint density at radius 2 is 2.09 bits per heavy atom. The number of halogens is 1. The molecule has 1 atom stereocenters. The van der Waals surface area contributed by atoms with Crippen LogP contribution in [0.15, 0.2) is 67.0 Å². The minimum Gasteiger partial charge on any atom is -0.494 e. The van der Waals surface area contributed by atoms with E-state index < -0.39 is 0 Å². The summed E-state index contributed by atoms with van der Waals surface area (Å²) in [5.74, 6) is 1.37. The first-order valence-corrected chi connectivity index (χ1v) is 11.8. The average molecular weight is 466 g/mol. The average Bonchev–Trinajstić information content (AvgIpc) is 3.54. The number of nitrogens with zero attached hydrogens (tertiary/aromatic N) is 2. The number of imidazole rings is 1. The number of ether oxygens (including phenoxy) is 3. The molecule has 1 unspecified atom stereocenters. The molecule has 180 valence electrons. The number of unbranched alkanes of at least 4 members (excludes halogenated alkanes) is 1. The van der Waals surface area contributed by atoms with Gasteiger partial charge in [0.25, 0.3) is 0 Å². The Bertz CT molecular complexity index is 1080. The van der Waals surface area contributed by atoms with Gasteiger partial charge in [0.15, 0.2) is 0 Å². The van der Waals surface area contributed by atoms with Crippen LogP contribution in [-0.2, 0) is 22.4 Å². The summed E-state index contributed by atoms with van der Waals surface area (Å²) in [6.45, 7) is 6.09. The third kappa shape index (κ3) is 5.97. The second-order valence-electron chi connectivity index (χ2n) is 8.35. The van der Waals surface area contributed by atoms with E-state index in [0.29, 0.717) is 19.7 Å². The van der Waals surface area contributed by atoms with Crippen LogP contribution in [0, 0.1) is 5.82 Å². The molecule has 7 heteroatoms. The van der Waals surface area contributed by atoms with Gasteiger partial charge >= 0.3 is 0 Å². The van der Waals surface area contributed by atoms with E-state index in [0.717, 1.165) is 53.2 Å². The maximum absolute atomic E-state index is 14.3. The predicted molar refractivity (Wildman–Crippen MR) is 129 cm³/mol. The third-order valence-electron chi connectivity index (χ3n) is 5.86. The van der Waals surface area contributed by atoms with Crippen LogP contribution in [0.2, 0.25) is 0 Å². The lowest BCUT2D eigenvalue weighted by Gasteiger charge is -2.33. The van der Waals surface area contributed by atoms with Crippen molar-refractivity contribution in [2.75, 3.05) is 19.9 Å². The van der Waals surface area contributed by atoms with E-state index in [9.17, 15) is 4.39 Å². The van der Waals surface area contributed by atoms with Gasteiger partial charge in [0.2, 0.25) is 6.79 Å². The summed E-state index contributed by atoms with van der Waals surface area (Å²) in [4.78, 5) is 9.88. The number of nitrogens with one attached hydrogen (secondary N) is 1. The monoisotopic (exact) mass is 465 g/mol. The van der Waals surface area contributed by atoms with Crippen molar-refractivity contribution in [3.63, 3.8) is 0 Å². The van der Waals surface area contributed by atoms with Crippen molar-refractivity contribution in [1.82, 2.24) is 14.9 Å². The quantitative estimate of drug-likeness (QED) is 0.370. The molecule has 1 aromatic heterocycles. The number of aromatic amines is 1. The summed E-state index contributed by atoms with van der Waals surface area (Å²) >= 11 is 0. The summed E-state index contributed by atoms with van der Waals surface area (Å²) in [5.41, 5.74) is 4.10. The topological polar surface area (TPSA) is 59.6 Å². The number of H-pyrrole nitrogens is 1. The molecule has 1 N–H and O–H groups in total. The smallest absolute Gasteiger partial charge is 0.229 e. The van der Waals surface area contributed by atoms with E-state index in [1.807, 2.05) is 31.3 Å². The summed E-state index contributed by atoms with van der Waals surface area (Å²) in [5, 5.41) is 0. The largest absolute Gasteiger partial charge is 0.494 e. The van der Waals surface area contributed by atoms with Crippen LogP contribution in [0.25, 0.3) is 0 Å². The molecule has 6 nitrogen and oxygen atoms in total. The third-order valence-corrected chi connectivity index (χ3v) is 5.86. The zero-order chi connectivity index (χ0) is 23.8. The zero-order valence-electron chi connectivity index (χ0n) is 19.8. The minimum atomic E-state index is -0.218. The van der Waals surface area contributed by atoms with Gasteiger partial charge in [-0.2, -0.15) is 0 Å². The molecular formula is C27H32FN3O3. The van der Waals surface area contributed by atoms with Gasteiger partial charge in [0, 0.05) is 12.7 Å². The zero-order valence-corrected chi connectivity index (χ0v) is 19.8. The Balaban J connectivity index is 1.76. The molecule has 1 aliphatic rings. The number of aromatic nitrogens is 2. The molecule has 0 bridgehead atoms. The Kier molecular flexibility index (Phi) is 8.20. The molecule has 0 saturated heterocycles. The van der Waals surface area contributed by atoms with Crippen molar-refractivity contribution in [1.29, 1.82) is 0 Å². The van der Waals surface area contributed by atoms with Crippen LogP contribution in [0.3, 0.4) is 0 Å². The molecule has 0 saturated carbocycles. The molecule has 0 spiro atoms. The van der Waals surface area contributed by atoms with Gasteiger partial charge in [0.05, 0.1) is 31.2 Å². The first-order valence-electron chi connectivity index (χ1n) is 11.8. The molecule has 1 aliphatic heterocycles. The maximum atomic E-state index is 14.3. The fraction of sp³-hybridized carbons (Fsp3) is 0.370. The van der Waals surface area contributed by atoms with E-state index in [-0.39, 0.29) is 18.7 Å². The van der Waals surface area contributed by atoms with E-state index in [1.165, 1.54) is 6.07 Å². The molecule has 0 aliphatic carbocycles. The van der Waals surface area contributed by atoms with Gasteiger partial charge in [-0.1, -0.05) is 31.5 Å². The Morgan fingerprint density at radius 3 is 2.82 bits per heavy atom. The lowest BCUT2D eigenvalue weighted by atomic mass is 9.93. The summed E-state index contributed by atoms with van der Waals surface area (Å²) in [7, 11) is 0. The minimum absolute atomic E-state index is 0.184. The van der Waals surface area contributed by atoms with Crippen molar-refractivity contribution in [2.45, 2.75) is 45.7 Å². The predicted octanol–water partition coefficient (Wildman–Crippen LogP) is 5.73. The SMILES string of the molecule is CCCCc1cc(F)ccc1C(c1cnc[nH]1)N(CC1=COCO1)Cc1cccc(OCC)c1. The second-order valence-corrected chi connectivity index (χ2v) is 8.35. The molecule has 4 rings (SSSR count). The maximum Gasteiger partial charge on any atom is 0.229 e. The number of hydrogen-bond acceptors (Lipinski definition) is 5. The highest BCUT2D eigenvalue weighted by Gasteiger charge is 2.28. The summed E-state index contributed by atoms with van der Waals surface area (Å²) in [6, 6.07) is 13.0. The number of rotatable bonds is 12. The van der Waals surface area contributed by atoms with Gasteiger partial charge in [-0.05, 0) is 60.7 Å². The van der Waals surface area contributed by atoms with Gasteiger partial charge < -0.3 is 19.2 Å². The van der Waals surface area contributed by atoms with Crippen LogP contribution in [0.1, 0.15) is 55.1 Å². The lowest BCUT2D eigenvalue weighted by molar-refractivity contribution is 0.0690. The van der Waals surface area contributed by atoms with Gasteiger partial charge in [-0.15, -0.1) is 0 Å². The highest BCUT2D eigenvalue weighted by atomic mass is 19.1. The first kappa shape index (κ1) is 23.8. The van der Waals surface area contributed by atoms with Gasteiger partial charge in [-0.25, -0.2) is 9.37 Å². The second kappa shape index (κ2) is 11.7. The molecule has 0 fully saturated rings. The highest BCUT2D eigenvalue weighted by molar-refractivity contribution is 5.36. The van der Waals surface area contributed by atoms with Crippen molar-refractivity contribution >= 4 is 0 Å². The number of hydrogen-bond donors (Lipinski definition) is 1. The normalized spacial score (nSPS) is 13.9. The van der Waals surface area contributed by atoms with Crippen molar-refractivity contribution in [2.24, 2.45) is 0 Å². The van der Waals surface area contributed by atoms with Gasteiger partial charge in [-0.3, -0.25) is 4.90 Å². The summed E-state index contributed by atoms with van der Waals surface area (Å²) in [6.07, 6.45) is 8.02. The van der Waals surface area contributed by atoms with Gasteiger partial charge in [0.1, 0.15) is 23.6 Å². The van der Waals surface area contributed by atoms with E-state index >= 15 is 0 Å². The molecule has 0 radical (unpaired) electrons. The van der Waals surface area contributed by atoms with Crippen LogP contribution in [0.4, 0.5) is 4.39 Å². The number of benzene rings is 2. The molecule has 2 heterocycles. The Morgan fingerprint density at radius 1 is 1.18 bits per heavy atom. The highest BCUT2D eigenvalue weighted by Crippen LogP contribution is 2.34. The molecule has 34 heavy (non-hydrogen) atoms. The van der Waals surface area contributed by atoms with Crippen LogP contribution in [-0.4, -0.2) is 34.8 Å². The Labute approximate surface area is 200 Å². The van der Waals surface area contributed by atoms with E-state index in [2.05, 4.69) is 33.9 Å². The van der Waals surface area contributed by atoms with Crippen LogP contribution < -0.4 is 4.74 Å². The van der Waals surface area contributed by atoms with E-state index in [1.54, 1.807) is 18.7 Å². The number of aryl methyl sites for hydroxylation is 1. The molecular weight excluding hydrogens is 433 g/mol. The van der Waals surface area contributed by atoms with Crippen LogP contribution >= 0.6 is 0 Å². The van der Waals surface area contributed by atoms with E-state index in [4.69, 9.17) is 14.2 Å². The molecule has 0 amide bonds. The van der Waals surface area contributed by atoms with Crippen LogP contribution in [0.5, 0.6) is 5.75 Å². The fourth-order valence-electron chi connectivity index (χ4n) is 4.33. The van der Waals surface area contributed by atoms with Crippen molar-refractivity contribution < 1.29 is 18.6 Å². The van der Waals surface area contributed by atoms with Crippen molar-refractivity contribution in [3.8, 4) is 5.75 Å². The standard InChI is InChI=1S/C27H32FN3O3/c1-3-5-8-21-13-22(28)10-11-25(21)27(26-14-29-18-30-26)31(16-24-17-32-19-34-24)15-20-7-6-9-23(12-20)33-4-2/h6-7,9-14,17-18,27H,3-5,8,15-16,19H2,1-2H3,(H,29,30). The molecule has 3 aromatic rings. The fourth-order valence-corrected chi connectivity index (χ4v) is 4.33.